The molecular weight excluding hydrogens is 364 g/mol. The number of methoxy groups -OCH3 is 1. The smallest absolute Gasteiger partial charge is 0.225 e. The van der Waals surface area contributed by atoms with Gasteiger partial charge in [0.1, 0.15) is 11.6 Å². The Kier molecular flexibility index (Phi) is 7.12. The molecule has 1 aromatic heterocycles. The number of anilines is 1. The van der Waals surface area contributed by atoms with Crippen molar-refractivity contribution >= 4 is 23.3 Å². The Hall–Kier alpha value is -2.05. The minimum Gasteiger partial charge on any atom is -0.496 e. The van der Waals surface area contributed by atoms with Crippen molar-refractivity contribution in [2.24, 2.45) is 0 Å². The molecular formula is C20H27ClN4O2. The number of nitrogens with one attached hydrogen (secondary N) is 2. The molecule has 1 aromatic carbocycles. The van der Waals surface area contributed by atoms with Crippen LogP contribution in [-0.2, 0) is 4.79 Å². The van der Waals surface area contributed by atoms with Crippen molar-refractivity contribution in [2.45, 2.75) is 38.5 Å². The number of nitrogens with zero attached hydrogens (tertiary/aromatic N) is 2. The number of amides is 1. The van der Waals surface area contributed by atoms with Crippen LogP contribution in [0.5, 0.6) is 5.75 Å². The first-order valence-electron chi connectivity index (χ1n) is 9.57. The molecule has 6 nitrogen and oxygen atoms in total. The van der Waals surface area contributed by atoms with E-state index in [1.807, 2.05) is 0 Å². The highest BCUT2D eigenvalue weighted by atomic mass is 35.5. The van der Waals surface area contributed by atoms with Gasteiger partial charge in [0.2, 0.25) is 5.91 Å². The van der Waals surface area contributed by atoms with Crippen LogP contribution in [0.1, 0.15) is 38.5 Å². The second kappa shape index (κ2) is 9.76. The van der Waals surface area contributed by atoms with E-state index >= 15 is 0 Å². The number of H-pyrrole nitrogens is 1. The number of hydrogen-bond acceptors (Lipinski definition) is 4. The average molecular weight is 391 g/mol. The quantitative estimate of drug-likeness (QED) is 0.738. The largest absolute Gasteiger partial charge is 0.496 e. The molecule has 1 fully saturated rings. The normalized spacial score (nSPS) is 15.3. The Morgan fingerprint density at radius 1 is 1.26 bits per heavy atom. The molecule has 1 aliphatic rings. The Morgan fingerprint density at radius 3 is 2.78 bits per heavy atom. The molecule has 2 heterocycles. The van der Waals surface area contributed by atoms with Crippen LogP contribution in [0.3, 0.4) is 0 Å². The van der Waals surface area contributed by atoms with Crippen molar-refractivity contribution in [1.82, 2.24) is 15.1 Å². The van der Waals surface area contributed by atoms with Gasteiger partial charge in [-0.3, -0.25) is 9.89 Å². The maximum atomic E-state index is 12.2. The first-order chi connectivity index (χ1) is 13.2. The van der Waals surface area contributed by atoms with Crippen molar-refractivity contribution in [3.8, 4) is 17.0 Å². The highest BCUT2D eigenvalue weighted by Crippen LogP contribution is 2.32. The summed E-state index contributed by atoms with van der Waals surface area (Å²) in [6.07, 6.45) is 6.58. The number of rotatable bonds is 7. The first-order valence-corrected chi connectivity index (χ1v) is 9.95. The van der Waals surface area contributed by atoms with Gasteiger partial charge < -0.3 is 15.0 Å². The van der Waals surface area contributed by atoms with Crippen LogP contribution in [0.4, 0.5) is 5.82 Å². The summed E-state index contributed by atoms with van der Waals surface area (Å²) in [5.74, 6) is 1.26. The Labute approximate surface area is 165 Å². The summed E-state index contributed by atoms with van der Waals surface area (Å²) >= 11 is 6.08. The molecule has 0 bridgehead atoms. The van der Waals surface area contributed by atoms with Crippen LogP contribution in [0.2, 0.25) is 5.02 Å². The van der Waals surface area contributed by atoms with E-state index in [0.29, 0.717) is 28.7 Å². The number of carbonyl (C=O) groups excluding carboxylic acids is 1. The van der Waals surface area contributed by atoms with Gasteiger partial charge in [0.15, 0.2) is 0 Å². The predicted molar refractivity (Wildman–Crippen MR) is 108 cm³/mol. The average Bonchev–Trinajstić information content (AvgIpc) is 2.96. The van der Waals surface area contributed by atoms with Gasteiger partial charge in [-0.05, 0) is 57.1 Å². The minimum absolute atomic E-state index is 0.00178. The van der Waals surface area contributed by atoms with E-state index in [9.17, 15) is 4.79 Å². The van der Waals surface area contributed by atoms with Gasteiger partial charge in [-0.2, -0.15) is 5.10 Å². The summed E-state index contributed by atoms with van der Waals surface area (Å²) in [6.45, 7) is 3.31. The van der Waals surface area contributed by atoms with Crippen LogP contribution in [0.25, 0.3) is 11.3 Å². The standard InChI is InChI=1S/C20H27ClN4O2/c1-27-18-9-8-15(21)13-16(18)17-14-19(24-23-17)22-20(26)7-6-12-25-10-4-2-3-5-11-25/h8-9,13-14H,2-7,10-12H2,1H3,(H2,22,23,24,26). The van der Waals surface area contributed by atoms with E-state index in [4.69, 9.17) is 16.3 Å². The van der Waals surface area contributed by atoms with Crippen molar-refractivity contribution < 1.29 is 9.53 Å². The van der Waals surface area contributed by atoms with E-state index in [1.54, 1.807) is 31.4 Å². The monoisotopic (exact) mass is 390 g/mol. The maximum Gasteiger partial charge on any atom is 0.225 e. The number of likely N-dealkylation sites (tertiary alicyclic amines) is 1. The van der Waals surface area contributed by atoms with Gasteiger partial charge in [-0.15, -0.1) is 0 Å². The van der Waals surface area contributed by atoms with Crippen molar-refractivity contribution in [3.63, 3.8) is 0 Å². The molecule has 2 N–H and O–H groups in total. The number of aromatic amines is 1. The molecule has 1 aliphatic heterocycles. The molecule has 1 amide bonds. The van der Waals surface area contributed by atoms with Crippen molar-refractivity contribution in [3.05, 3.63) is 29.3 Å². The van der Waals surface area contributed by atoms with Crippen molar-refractivity contribution in [2.75, 3.05) is 32.1 Å². The van der Waals surface area contributed by atoms with Gasteiger partial charge in [-0.25, -0.2) is 0 Å². The zero-order valence-corrected chi connectivity index (χ0v) is 16.5. The summed E-state index contributed by atoms with van der Waals surface area (Å²) in [6, 6.07) is 7.15. The molecule has 0 unspecified atom stereocenters. The zero-order chi connectivity index (χ0) is 19.1. The number of benzene rings is 1. The SMILES string of the molecule is COc1ccc(Cl)cc1-c1cc(NC(=O)CCCN2CCCCCC2)[nH]n1. The van der Waals surface area contributed by atoms with Crippen molar-refractivity contribution in [1.29, 1.82) is 0 Å². The third-order valence-corrected chi connectivity index (χ3v) is 5.10. The summed E-state index contributed by atoms with van der Waals surface area (Å²) in [7, 11) is 1.60. The van der Waals surface area contributed by atoms with Crippen LogP contribution >= 0.6 is 11.6 Å². The van der Waals surface area contributed by atoms with Crippen LogP contribution in [0.15, 0.2) is 24.3 Å². The fourth-order valence-electron chi connectivity index (χ4n) is 3.44. The molecule has 0 atom stereocenters. The molecule has 0 aliphatic carbocycles. The number of halogens is 1. The number of ether oxygens (including phenoxy) is 1. The minimum atomic E-state index is -0.00178. The number of aromatic nitrogens is 2. The number of carbonyl (C=O) groups is 1. The lowest BCUT2D eigenvalue weighted by molar-refractivity contribution is -0.116. The summed E-state index contributed by atoms with van der Waals surface area (Å²) in [4.78, 5) is 14.7. The summed E-state index contributed by atoms with van der Waals surface area (Å²) in [5.41, 5.74) is 1.46. The molecule has 7 heteroatoms. The second-order valence-electron chi connectivity index (χ2n) is 6.92. The Morgan fingerprint density at radius 2 is 2.04 bits per heavy atom. The molecule has 0 spiro atoms. The highest BCUT2D eigenvalue weighted by Gasteiger charge is 2.13. The molecule has 1 saturated heterocycles. The molecule has 2 aromatic rings. The van der Waals surface area contributed by atoms with E-state index in [1.165, 1.54) is 25.7 Å². The molecule has 0 radical (unpaired) electrons. The lowest BCUT2D eigenvalue weighted by Crippen LogP contribution is -2.26. The third kappa shape index (κ3) is 5.71. The topological polar surface area (TPSA) is 70.2 Å². The second-order valence-corrected chi connectivity index (χ2v) is 7.36. The maximum absolute atomic E-state index is 12.2. The number of hydrogen-bond donors (Lipinski definition) is 2. The van der Waals surface area contributed by atoms with E-state index < -0.39 is 0 Å². The van der Waals surface area contributed by atoms with Gasteiger partial charge >= 0.3 is 0 Å². The van der Waals surface area contributed by atoms with Gasteiger partial charge in [0.25, 0.3) is 0 Å². The molecule has 0 saturated carbocycles. The van der Waals surface area contributed by atoms with E-state index in [0.717, 1.165) is 31.6 Å². The zero-order valence-electron chi connectivity index (χ0n) is 15.8. The van der Waals surface area contributed by atoms with Crippen LogP contribution in [0, 0.1) is 0 Å². The molecule has 3 rings (SSSR count). The fraction of sp³-hybridized carbons (Fsp3) is 0.500. The van der Waals surface area contributed by atoms with Crippen LogP contribution in [-0.4, -0.2) is 47.7 Å². The van der Waals surface area contributed by atoms with E-state index in [-0.39, 0.29) is 5.91 Å². The van der Waals surface area contributed by atoms with E-state index in [2.05, 4.69) is 20.4 Å². The Bertz CT molecular complexity index is 754. The summed E-state index contributed by atoms with van der Waals surface area (Å²) < 4.78 is 5.36. The molecule has 27 heavy (non-hydrogen) atoms. The lowest BCUT2D eigenvalue weighted by Gasteiger charge is -2.19. The highest BCUT2D eigenvalue weighted by molar-refractivity contribution is 6.31. The summed E-state index contributed by atoms with van der Waals surface area (Å²) in [5, 5.41) is 10.6. The van der Waals surface area contributed by atoms with Gasteiger partial charge in [0.05, 0.1) is 12.8 Å². The van der Waals surface area contributed by atoms with Crippen LogP contribution < -0.4 is 10.1 Å². The fourth-order valence-corrected chi connectivity index (χ4v) is 3.61. The lowest BCUT2D eigenvalue weighted by atomic mass is 10.1. The first kappa shape index (κ1) is 19.7. The van der Waals surface area contributed by atoms with Gasteiger partial charge in [-0.1, -0.05) is 24.4 Å². The third-order valence-electron chi connectivity index (χ3n) is 4.87. The Balaban J connectivity index is 1.51. The predicted octanol–water partition coefficient (Wildman–Crippen LogP) is 4.33. The molecule has 146 valence electrons. The van der Waals surface area contributed by atoms with Gasteiger partial charge in [0, 0.05) is 23.1 Å².